The van der Waals surface area contributed by atoms with Crippen molar-refractivity contribution >= 4 is 11.6 Å². The lowest BCUT2D eigenvalue weighted by Gasteiger charge is -2.13. The quantitative estimate of drug-likeness (QED) is 0.855. The first-order valence-corrected chi connectivity index (χ1v) is 7.22. The maximum absolute atomic E-state index is 13.8. The highest BCUT2D eigenvalue weighted by molar-refractivity contribution is 6.30. The lowest BCUT2D eigenvalue weighted by atomic mass is 10.0. The second-order valence-corrected chi connectivity index (χ2v) is 5.21. The third-order valence-electron chi connectivity index (χ3n) is 3.38. The molecule has 0 fully saturated rings. The van der Waals surface area contributed by atoms with Crippen LogP contribution in [-0.2, 0) is 19.4 Å². The standard InChI is InChI=1S/C15H17ClF2N2O/c1-3-9-5-10(20(4-2)19-9)6-15(21)11-7-14(18)12(16)8-13(11)17/h5,7-8,15,21H,3-4,6H2,1-2H3. The zero-order valence-electron chi connectivity index (χ0n) is 11.9. The molecule has 21 heavy (non-hydrogen) atoms. The molecule has 0 aliphatic rings. The number of aryl methyl sites for hydroxylation is 2. The molecule has 0 radical (unpaired) electrons. The van der Waals surface area contributed by atoms with Crippen molar-refractivity contribution in [3.05, 3.63) is 51.8 Å². The largest absolute Gasteiger partial charge is 0.388 e. The Labute approximate surface area is 127 Å². The molecule has 0 spiro atoms. The number of rotatable bonds is 5. The maximum Gasteiger partial charge on any atom is 0.142 e. The summed E-state index contributed by atoms with van der Waals surface area (Å²) in [7, 11) is 0. The van der Waals surface area contributed by atoms with Crippen molar-refractivity contribution in [2.24, 2.45) is 0 Å². The Kier molecular flexibility index (Phi) is 4.96. The molecule has 1 aromatic heterocycles. The van der Waals surface area contributed by atoms with E-state index in [2.05, 4.69) is 5.10 Å². The molecule has 114 valence electrons. The monoisotopic (exact) mass is 314 g/mol. The van der Waals surface area contributed by atoms with E-state index in [0.717, 1.165) is 29.9 Å². The molecule has 0 bridgehead atoms. The van der Waals surface area contributed by atoms with Gasteiger partial charge in [0.05, 0.1) is 16.8 Å². The number of hydrogen-bond acceptors (Lipinski definition) is 2. The summed E-state index contributed by atoms with van der Waals surface area (Å²) < 4.78 is 29.0. The fourth-order valence-corrected chi connectivity index (χ4v) is 2.38. The Bertz CT molecular complexity index is 643. The van der Waals surface area contributed by atoms with Crippen LogP contribution in [0, 0.1) is 11.6 Å². The molecular weight excluding hydrogens is 298 g/mol. The van der Waals surface area contributed by atoms with Gasteiger partial charge in [-0.2, -0.15) is 5.10 Å². The van der Waals surface area contributed by atoms with Gasteiger partial charge in [0, 0.05) is 24.2 Å². The van der Waals surface area contributed by atoms with Crippen LogP contribution in [-0.4, -0.2) is 14.9 Å². The third kappa shape index (κ3) is 3.41. The second-order valence-electron chi connectivity index (χ2n) is 4.80. The molecule has 0 aliphatic carbocycles. The van der Waals surface area contributed by atoms with E-state index in [1.165, 1.54) is 0 Å². The fraction of sp³-hybridized carbons (Fsp3) is 0.400. The summed E-state index contributed by atoms with van der Waals surface area (Å²) in [6.07, 6.45) is -0.206. The van der Waals surface area contributed by atoms with Crippen LogP contribution in [0.15, 0.2) is 18.2 Å². The van der Waals surface area contributed by atoms with E-state index in [1.807, 2.05) is 19.9 Å². The Balaban J connectivity index is 2.27. The van der Waals surface area contributed by atoms with Crippen molar-refractivity contribution in [2.45, 2.75) is 39.3 Å². The molecule has 1 unspecified atom stereocenters. The van der Waals surface area contributed by atoms with Crippen molar-refractivity contribution in [1.29, 1.82) is 0 Å². The van der Waals surface area contributed by atoms with Gasteiger partial charge >= 0.3 is 0 Å². The van der Waals surface area contributed by atoms with Crippen LogP contribution in [0.5, 0.6) is 0 Å². The van der Waals surface area contributed by atoms with Crippen molar-refractivity contribution in [3.63, 3.8) is 0 Å². The van der Waals surface area contributed by atoms with E-state index in [9.17, 15) is 13.9 Å². The first-order chi connectivity index (χ1) is 9.96. The summed E-state index contributed by atoms with van der Waals surface area (Å²) in [4.78, 5) is 0. The molecule has 0 saturated carbocycles. The van der Waals surface area contributed by atoms with Crippen LogP contribution in [0.1, 0.15) is 36.9 Å². The molecule has 0 aliphatic heterocycles. The molecular formula is C15H17ClF2N2O. The van der Waals surface area contributed by atoms with E-state index in [4.69, 9.17) is 11.6 Å². The predicted octanol–water partition coefficient (Wildman–Crippen LogP) is 3.67. The van der Waals surface area contributed by atoms with Gasteiger partial charge in [0.15, 0.2) is 0 Å². The summed E-state index contributed by atoms with van der Waals surface area (Å²) in [6.45, 7) is 4.57. The molecule has 3 nitrogen and oxygen atoms in total. The van der Waals surface area contributed by atoms with Crippen molar-refractivity contribution < 1.29 is 13.9 Å². The van der Waals surface area contributed by atoms with Crippen molar-refractivity contribution in [3.8, 4) is 0 Å². The van der Waals surface area contributed by atoms with Gasteiger partial charge in [-0.1, -0.05) is 18.5 Å². The van der Waals surface area contributed by atoms with Gasteiger partial charge in [0.1, 0.15) is 11.6 Å². The molecule has 2 rings (SSSR count). The van der Waals surface area contributed by atoms with Gasteiger partial charge in [0.25, 0.3) is 0 Å². The number of nitrogens with zero attached hydrogens (tertiary/aromatic N) is 2. The van der Waals surface area contributed by atoms with Crippen LogP contribution in [0.4, 0.5) is 8.78 Å². The number of halogens is 3. The van der Waals surface area contributed by atoms with Gasteiger partial charge in [-0.05, 0) is 31.5 Å². The molecule has 1 atom stereocenters. The second kappa shape index (κ2) is 6.54. The molecule has 1 heterocycles. The smallest absolute Gasteiger partial charge is 0.142 e. The zero-order valence-corrected chi connectivity index (χ0v) is 12.7. The molecule has 1 aromatic carbocycles. The molecule has 0 saturated heterocycles. The van der Waals surface area contributed by atoms with Crippen LogP contribution in [0.3, 0.4) is 0 Å². The minimum atomic E-state index is -1.15. The summed E-state index contributed by atoms with van der Waals surface area (Å²) in [5.74, 6) is -1.46. The average molecular weight is 315 g/mol. The number of aliphatic hydroxyl groups excluding tert-OH is 1. The first-order valence-electron chi connectivity index (χ1n) is 6.84. The van der Waals surface area contributed by atoms with E-state index in [1.54, 1.807) is 4.68 Å². The van der Waals surface area contributed by atoms with Crippen molar-refractivity contribution in [2.75, 3.05) is 0 Å². The third-order valence-corrected chi connectivity index (χ3v) is 3.67. The van der Waals surface area contributed by atoms with Crippen LogP contribution in [0.2, 0.25) is 5.02 Å². The highest BCUT2D eigenvalue weighted by Gasteiger charge is 2.19. The number of hydrogen-bond donors (Lipinski definition) is 1. The minimum Gasteiger partial charge on any atom is -0.388 e. The Morgan fingerprint density at radius 3 is 2.57 bits per heavy atom. The number of aromatic nitrogens is 2. The van der Waals surface area contributed by atoms with Gasteiger partial charge in [-0.25, -0.2) is 8.78 Å². The summed E-state index contributed by atoms with van der Waals surface area (Å²) in [6, 6.07) is 3.69. The van der Waals surface area contributed by atoms with Gasteiger partial charge in [-0.3, -0.25) is 4.68 Å². The minimum absolute atomic E-state index is 0.0983. The van der Waals surface area contributed by atoms with Gasteiger partial charge in [0.2, 0.25) is 0 Å². The average Bonchev–Trinajstić information content (AvgIpc) is 2.84. The van der Waals surface area contributed by atoms with E-state index in [0.29, 0.717) is 6.54 Å². The van der Waals surface area contributed by atoms with E-state index >= 15 is 0 Å². The van der Waals surface area contributed by atoms with Gasteiger partial charge < -0.3 is 5.11 Å². The number of benzene rings is 1. The van der Waals surface area contributed by atoms with E-state index < -0.39 is 17.7 Å². The fourth-order valence-electron chi connectivity index (χ4n) is 2.23. The summed E-state index contributed by atoms with van der Waals surface area (Å²) in [5.41, 5.74) is 1.59. The van der Waals surface area contributed by atoms with Crippen molar-refractivity contribution in [1.82, 2.24) is 9.78 Å². The zero-order chi connectivity index (χ0) is 15.6. The summed E-state index contributed by atoms with van der Waals surface area (Å²) >= 11 is 5.51. The van der Waals surface area contributed by atoms with Crippen LogP contribution >= 0.6 is 11.6 Å². The predicted molar refractivity (Wildman–Crippen MR) is 77.3 cm³/mol. The molecule has 6 heteroatoms. The van der Waals surface area contributed by atoms with Gasteiger partial charge in [-0.15, -0.1) is 0 Å². The summed E-state index contributed by atoms with van der Waals surface area (Å²) in [5, 5.41) is 14.2. The Morgan fingerprint density at radius 1 is 1.24 bits per heavy atom. The Hall–Kier alpha value is -1.46. The Morgan fingerprint density at radius 2 is 1.95 bits per heavy atom. The molecule has 1 N–H and O–H groups in total. The highest BCUT2D eigenvalue weighted by atomic mass is 35.5. The first kappa shape index (κ1) is 15.9. The molecule has 0 amide bonds. The lowest BCUT2D eigenvalue weighted by molar-refractivity contribution is 0.170. The lowest BCUT2D eigenvalue weighted by Crippen LogP contribution is -2.10. The normalized spacial score (nSPS) is 12.7. The number of aliphatic hydroxyl groups is 1. The maximum atomic E-state index is 13.8. The van der Waals surface area contributed by atoms with E-state index in [-0.39, 0.29) is 17.0 Å². The topological polar surface area (TPSA) is 38.0 Å². The van der Waals surface area contributed by atoms with Crippen LogP contribution < -0.4 is 0 Å². The van der Waals surface area contributed by atoms with Crippen LogP contribution in [0.25, 0.3) is 0 Å². The molecule has 2 aromatic rings. The highest BCUT2D eigenvalue weighted by Crippen LogP contribution is 2.26. The SMILES string of the molecule is CCc1cc(CC(O)c2cc(F)c(Cl)cc2F)n(CC)n1.